The van der Waals surface area contributed by atoms with Gasteiger partial charge in [0.1, 0.15) is 0 Å². The van der Waals surface area contributed by atoms with Crippen LogP contribution in [-0.4, -0.2) is 12.6 Å². The average Bonchev–Trinajstić information content (AvgIpc) is 1.85. The van der Waals surface area contributed by atoms with Gasteiger partial charge in [-0.15, -0.1) is 0 Å². The molecule has 1 heterocycles. The molecule has 2 nitrogen and oxygen atoms in total. The zero-order valence-electron chi connectivity index (χ0n) is 4.28. The second kappa shape index (κ2) is 1.20. The van der Waals surface area contributed by atoms with Crippen LogP contribution in [0.15, 0.2) is 0 Å². The number of hydrogen-bond donors (Lipinski definition) is 2. The molecule has 0 aromatic rings. The highest BCUT2D eigenvalue weighted by Crippen LogP contribution is 2.28. The molecule has 2 atom stereocenters. The first-order valence-electron chi connectivity index (χ1n) is 2.95. The number of hydrazine groups is 1. The largest absolute Gasteiger partial charge is 0.257 e. The van der Waals surface area contributed by atoms with Crippen molar-refractivity contribution in [1.29, 1.82) is 0 Å². The topological polar surface area (TPSA) is 24.1 Å². The lowest BCUT2D eigenvalue weighted by atomic mass is 9.82. The van der Waals surface area contributed by atoms with Crippen molar-refractivity contribution in [2.24, 2.45) is 5.92 Å². The minimum absolute atomic E-state index is 0.833. The summed E-state index contributed by atoms with van der Waals surface area (Å²) in [7, 11) is 0. The lowest BCUT2D eigenvalue weighted by Gasteiger charge is -2.27. The fourth-order valence-corrected chi connectivity index (χ4v) is 1.32. The van der Waals surface area contributed by atoms with E-state index in [4.69, 9.17) is 0 Å². The van der Waals surface area contributed by atoms with Gasteiger partial charge in [-0.05, 0) is 18.8 Å². The summed E-state index contributed by atoms with van der Waals surface area (Å²) in [5.74, 6) is 0.972. The highest BCUT2D eigenvalue weighted by molar-refractivity contribution is 4.90. The molecule has 2 rings (SSSR count). The Kier molecular flexibility index (Phi) is 0.664. The third-order valence-corrected chi connectivity index (χ3v) is 2.07. The molecular weight excluding hydrogens is 88.1 g/mol. The maximum atomic E-state index is 3.21. The Morgan fingerprint density at radius 3 is 2.57 bits per heavy atom. The van der Waals surface area contributed by atoms with E-state index in [2.05, 4.69) is 10.9 Å². The van der Waals surface area contributed by atoms with Crippen molar-refractivity contribution in [2.75, 3.05) is 6.54 Å². The molecule has 1 saturated carbocycles. The molecule has 1 aliphatic heterocycles. The molecule has 2 aliphatic rings. The summed E-state index contributed by atoms with van der Waals surface area (Å²) < 4.78 is 0. The van der Waals surface area contributed by atoms with Crippen LogP contribution in [0.25, 0.3) is 0 Å². The van der Waals surface area contributed by atoms with Crippen LogP contribution in [0.4, 0.5) is 0 Å². The van der Waals surface area contributed by atoms with Crippen molar-refractivity contribution in [3.8, 4) is 0 Å². The summed E-state index contributed by atoms with van der Waals surface area (Å²) in [5, 5.41) is 0. The normalized spacial score (nSPS) is 48.0. The van der Waals surface area contributed by atoms with Gasteiger partial charge in [-0.2, -0.15) is 0 Å². The fourth-order valence-electron chi connectivity index (χ4n) is 1.32. The maximum Gasteiger partial charge on any atom is 0.0253 e. The van der Waals surface area contributed by atoms with E-state index in [1.54, 1.807) is 0 Å². The summed E-state index contributed by atoms with van der Waals surface area (Å²) in [6.45, 7) is 1.20. The van der Waals surface area contributed by atoms with E-state index >= 15 is 0 Å². The molecule has 0 aromatic carbocycles. The molecule has 0 amide bonds. The molecule has 7 heavy (non-hydrogen) atoms. The van der Waals surface area contributed by atoms with Crippen LogP contribution in [0.1, 0.15) is 12.8 Å². The predicted molar refractivity (Wildman–Crippen MR) is 27.7 cm³/mol. The second-order valence-electron chi connectivity index (χ2n) is 2.47. The van der Waals surface area contributed by atoms with Gasteiger partial charge in [-0.3, -0.25) is 10.9 Å². The Morgan fingerprint density at radius 2 is 2.29 bits per heavy atom. The second-order valence-corrected chi connectivity index (χ2v) is 2.47. The van der Waals surface area contributed by atoms with E-state index in [1.165, 1.54) is 19.4 Å². The van der Waals surface area contributed by atoms with Crippen molar-refractivity contribution in [3.63, 3.8) is 0 Å². The molecule has 1 saturated heterocycles. The molecule has 2 N–H and O–H groups in total. The highest BCUT2D eigenvalue weighted by Gasteiger charge is 2.34. The summed E-state index contributed by atoms with van der Waals surface area (Å²) in [6.07, 6.45) is 2.82. The van der Waals surface area contributed by atoms with E-state index in [9.17, 15) is 0 Å². The Bertz CT molecular complexity index is 72.1. The van der Waals surface area contributed by atoms with Gasteiger partial charge in [0.15, 0.2) is 0 Å². The smallest absolute Gasteiger partial charge is 0.0253 e. The first-order valence-corrected chi connectivity index (χ1v) is 2.95. The Labute approximate surface area is 43.3 Å². The van der Waals surface area contributed by atoms with Gasteiger partial charge in [0, 0.05) is 12.6 Å². The number of hydrogen-bond acceptors (Lipinski definition) is 2. The van der Waals surface area contributed by atoms with Crippen LogP contribution >= 0.6 is 0 Å². The molecule has 1 aliphatic carbocycles. The molecule has 0 spiro atoms. The van der Waals surface area contributed by atoms with Crippen LogP contribution < -0.4 is 10.9 Å². The van der Waals surface area contributed by atoms with Gasteiger partial charge >= 0.3 is 0 Å². The number of rotatable bonds is 0. The SMILES string of the molecule is C1CC2NNCC12. The lowest BCUT2D eigenvalue weighted by molar-refractivity contribution is 0.286. The van der Waals surface area contributed by atoms with Gasteiger partial charge in [-0.25, -0.2) is 0 Å². The zero-order chi connectivity index (χ0) is 4.69. The van der Waals surface area contributed by atoms with E-state index in [1.807, 2.05) is 0 Å². The van der Waals surface area contributed by atoms with Gasteiger partial charge in [-0.1, -0.05) is 0 Å². The average molecular weight is 98.1 g/mol. The Hall–Kier alpha value is -0.0800. The van der Waals surface area contributed by atoms with Crippen molar-refractivity contribution < 1.29 is 0 Å². The predicted octanol–water partition coefficient (Wildman–Crippen LogP) is -0.127. The van der Waals surface area contributed by atoms with Crippen LogP contribution in [-0.2, 0) is 0 Å². The van der Waals surface area contributed by atoms with Crippen molar-refractivity contribution in [1.82, 2.24) is 10.9 Å². The van der Waals surface area contributed by atoms with Gasteiger partial charge in [0.25, 0.3) is 0 Å². The molecule has 40 valence electrons. The lowest BCUT2D eigenvalue weighted by Crippen LogP contribution is -2.37. The van der Waals surface area contributed by atoms with Crippen LogP contribution in [0.2, 0.25) is 0 Å². The molecule has 0 radical (unpaired) electrons. The summed E-state index contributed by atoms with van der Waals surface area (Å²) >= 11 is 0. The van der Waals surface area contributed by atoms with E-state index in [-0.39, 0.29) is 0 Å². The molecular formula is C5H10N2. The van der Waals surface area contributed by atoms with Crippen LogP contribution in [0, 0.1) is 5.92 Å². The van der Waals surface area contributed by atoms with Gasteiger partial charge in [0.05, 0.1) is 0 Å². The standard InChI is InChI=1S/C5H10N2/c1-2-5-4(1)3-6-7-5/h4-7H,1-3H2. The Morgan fingerprint density at radius 1 is 1.29 bits per heavy atom. The van der Waals surface area contributed by atoms with Gasteiger partial charge < -0.3 is 0 Å². The number of nitrogens with one attached hydrogen (secondary N) is 2. The van der Waals surface area contributed by atoms with E-state index in [0.717, 1.165) is 12.0 Å². The van der Waals surface area contributed by atoms with Crippen molar-refractivity contribution >= 4 is 0 Å². The fraction of sp³-hybridized carbons (Fsp3) is 1.00. The van der Waals surface area contributed by atoms with Crippen molar-refractivity contribution in [2.45, 2.75) is 18.9 Å². The van der Waals surface area contributed by atoms with Crippen LogP contribution in [0.3, 0.4) is 0 Å². The quantitative estimate of drug-likeness (QED) is 0.441. The molecule has 0 bridgehead atoms. The summed E-state index contributed by atoms with van der Waals surface area (Å²) in [6, 6.07) is 0.833. The number of fused-ring (bicyclic) bond motifs is 1. The third-order valence-electron chi connectivity index (χ3n) is 2.07. The van der Waals surface area contributed by atoms with E-state index < -0.39 is 0 Å². The van der Waals surface area contributed by atoms with Gasteiger partial charge in [0.2, 0.25) is 0 Å². The molecule has 0 aromatic heterocycles. The summed E-state index contributed by atoms with van der Waals surface area (Å²) in [4.78, 5) is 0. The zero-order valence-corrected chi connectivity index (χ0v) is 4.28. The Balaban J connectivity index is 2.03. The molecule has 2 heteroatoms. The highest BCUT2D eigenvalue weighted by atomic mass is 15.4. The first kappa shape index (κ1) is 3.87. The first-order chi connectivity index (χ1) is 3.47. The van der Waals surface area contributed by atoms with Crippen molar-refractivity contribution in [3.05, 3.63) is 0 Å². The minimum atomic E-state index is 0.833. The monoisotopic (exact) mass is 98.1 g/mol. The van der Waals surface area contributed by atoms with E-state index in [0.29, 0.717) is 0 Å². The molecule has 2 unspecified atom stereocenters. The maximum absolute atomic E-state index is 3.21. The van der Waals surface area contributed by atoms with Crippen LogP contribution in [0.5, 0.6) is 0 Å². The molecule has 2 fully saturated rings. The third kappa shape index (κ3) is 0.409. The minimum Gasteiger partial charge on any atom is -0.257 e. The summed E-state index contributed by atoms with van der Waals surface area (Å²) in [5.41, 5.74) is 6.34.